The van der Waals surface area contributed by atoms with E-state index in [9.17, 15) is 15.2 Å². The molecule has 0 bridgehead atoms. The van der Waals surface area contributed by atoms with Crippen molar-refractivity contribution in [1.29, 1.82) is 5.26 Å². The summed E-state index contributed by atoms with van der Waals surface area (Å²) < 4.78 is 7.33. The van der Waals surface area contributed by atoms with Gasteiger partial charge in [0, 0.05) is 24.6 Å². The van der Waals surface area contributed by atoms with E-state index in [0.717, 1.165) is 18.4 Å². The highest BCUT2D eigenvalue weighted by Crippen LogP contribution is 2.36. The molecule has 2 fully saturated rings. The van der Waals surface area contributed by atoms with Crippen LogP contribution in [-0.4, -0.2) is 50.2 Å². The van der Waals surface area contributed by atoms with Crippen LogP contribution in [0, 0.1) is 17.2 Å². The van der Waals surface area contributed by atoms with Crippen LogP contribution in [0.3, 0.4) is 0 Å². The first-order valence-corrected chi connectivity index (χ1v) is 12.3. The van der Waals surface area contributed by atoms with E-state index in [1.165, 1.54) is 17.7 Å². The standard InChI is InChI=1S/C26H29N7O3/c27-12-9-23(18-5-1-2-6-18)32-16-19(15-29-32)21-10-13-28-25(30-21)31-22-7-3-4-8-24(22)33(26(34)35)20-11-14-36-17-20/h3-4,7-8,10,13,15-16,18,20,23H,1-2,5-6,9,11,14,17H2,(H,34,35)(H,28,30,31). The predicted octanol–water partition coefficient (Wildman–Crippen LogP) is 5.00. The van der Waals surface area contributed by atoms with Gasteiger partial charge in [0.15, 0.2) is 0 Å². The molecule has 1 saturated carbocycles. The van der Waals surface area contributed by atoms with Gasteiger partial charge in [0.2, 0.25) is 5.95 Å². The van der Waals surface area contributed by atoms with Crippen LogP contribution < -0.4 is 10.2 Å². The molecule has 3 heterocycles. The molecule has 0 radical (unpaired) electrons. The second-order valence-electron chi connectivity index (χ2n) is 9.26. The number of benzene rings is 1. The molecule has 36 heavy (non-hydrogen) atoms. The molecule has 2 aromatic heterocycles. The molecular weight excluding hydrogens is 458 g/mol. The number of amides is 1. The highest BCUT2D eigenvalue weighted by atomic mass is 16.5. The molecule has 2 N–H and O–H groups in total. The van der Waals surface area contributed by atoms with Crippen molar-refractivity contribution in [3.8, 4) is 17.3 Å². The molecule has 2 unspecified atom stereocenters. The number of carbonyl (C=O) groups is 1. The lowest BCUT2D eigenvalue weighted by molar-refractivity contribution is 0.183. The normalized spacial score (nSPS) is 18.6. The number of nitrogens with zero attached hydrogens (tertiary/aromatic N) is 6. The molecule has 0 spiro atoms. The van der Waals surface area contributed by atoms with Crippen molar-refractivity contribution in [2.45, 2.75) is 50.6 Å². The number of rotatable bonds is 8. The van der Waals surface area contributed by atoms with Crippen molar-refractivity contribution >= 4 is 23.4 Å². The maximum absolute atomic E-state index is 12.1. The van der Waals surface area contributed by atoms with Gasteiger partial charge in [-0.1, -0.05) is 25.0 Å². The quantitative estimate of drug-likeness (QED) is 0.454. The van der Waals surface area contributed by atoms with E-state index >= 15 is 0 Å². The summed E-state index contributed by atoms with van der Waals surface area (Å²) in [5.41, 5.74) is 2.65. The first-order valence-electron chi connectivity index (χ1n) is 12.3. The predicted molar refractivity (Wildman–Crippen MR) is 134 cm³/mol. The number of para-hydroxylation sites is 2. The minimum Gasteiger partial charge on any atom is -0.465 e. The van der Waals surface area contributed by atoms with Crippen molar-refractivity contribution in [3.63, 3.8) is 0 Å². The van der Waals surface area contributed by atoms with Crippen molar-refractivity contribution in [1.82, 2.24) is 19.7 Å². The van der Waals surface area contributed by atoms with E-state index in [0.29, 0.717) is 55.0 Å². The zero-order valence-electron chi connectivity index (χ0n) is 20.0. The summed E-state index contributed by atoms with van der Waals surface area (Å²) in [6.45, 7) is 0.906. The van der Waals surface area contributed by atoms with Crippen LogP contribution in [0.4, 0.5) is 22.1 Å². The molecule has 2 aliphatic rings. The van der Waals surface area contributed by atoms with E-state index in [1.807, 2.05) is 29.1 Å². The molecule has 10 nitrogen and oxygen atoms in total. The fourth-order valence-corrected chi connectivity index (χ4v) is 5.23. The van der Waals surface area contributed by atoms with E-state index in [1.54, 1.807) is 24.5 Å². The molecule has 1 aliphatic carbocycles. The molecule has 1 aliphatic heterocycles. The van der Waals surface area contributed by atoms with E-state index in [4.69, 9.17) is 4.74 Å². The molecule has 2 atom stereocenters. The monoisotopic (exact) mass is 487 g/mol. The lowest BCUT2D eigenvalue weighted by atomic mass is 9.96. The Bertz CT molecular complexity index is 1240. The van der Waals surface area contributed by atoms with Gasteiger partial charge in [-0.2, -0.15) is 10.4 Å². The number of hydrogen-bond acceptors (Lipinski definition) is 7. The van der Waals surface area contributed by atoms with E-state index < -0.39 is 6.09 Å². The highest BCUT2D eigenvalue weighted by Gasteiger charge is 2.30. The Morgan fingerprint density at radius 2 is 2.11 bits per heavy atom. The molecular formula is C26H29N7O3. The lowest BCUT2D eigenvalue weighted by Crippen LogP contribution is -2.40. The Morgan fingerprint density at radius 3 is 2.86 bits per heavy atom. The van der Waals surface area contributed by atoms with Crippen LogP contribution in [0.25, 0.3) is 11.3 Å². The summed E-state index contributed by atoms with van der Waals surface area (Å²) in [6, 6.07) is 11.2. The average Bonchev–Trinajstić information content (AvgIpc) is 3.67. The smallest absolute Gasteiger partial charge is 0.412 e. The number of nitriles is 1. The number of nitrogens with one attached hydrogen (secondary N) is 1. The van der Waals surface area contributed by atoms with Gasteiger partial charge in [-0.3, -0.25) is 9.58 Å². The second kappa shape index (κ2) is 10.7. The topological polar surface area (TPSA) is 129 Å². The SMILES string of the molecule is N#CCC(C1CCCC1)n1cc(-c2ccnc(Nc3ccccc3N(C(=O)O)C3CCOC3)n2)cn1. The number of anilines is 3. The van der Waals surface area contributed by atoms with Crippen LogP contribution in [-0.2, 0) is 4.74 Å². The molecule has 3 aromatic rings. The molecule has 1 aromatic carbocycles. The van der Waals surface area contributed by atoms with Crippen molar-refractivity contribution in [3.05, 3.63) is 48.9 Å². The maximum atomic E-state index is 12.1. The summed E-state index contributed by atoms with van der Waals surface area (Å²) in [5.74, 6) is 0.823. The van der Waals surface area contributed by atoms with Gasteiger partial charge < -0.3 is 15.2 Å². The first kappa shape index (κ1) is 23.8. The highest BCUT2D eigenvalue weighted by molar-refractivity contribution is 5.92. The zero-order chi connectivity index (χ0) is 24.9. The van der Waals surface area contributed by atoms with Crippen LogP contribution in [0.2, 0.25) is 0 Å². The molecule has 1 amide bonds. The van der Waals surface area contributed by atoms with Crippen molar-refractivity contribution in [2.24, 2.45) is 5.92 Å². The number of hydrogen-bond donors (Lipinski definition) is 2. The largest absolute Gasteiger partial charge is 0.465 e. The summed E-state index contributed by atoms with van der Waals surface area (Å²) in [7, 11) is 0. The summed E-state index contributed by atoms with van der Waals surface area (Å²) in [6.07, 6.45) is 10.1. The molecule has 1 saturated heterocycles. The zero-order valence-corrected chi connectivity index (χ0v) is 20.0. The van der Waals surface area contributed by atoms with Gasteiger partial charge in [0.1, 0.15) is 0 Å². The fraction of sp³-hybridized carbons (Fsp3) is 0.423. The summed E-state index contributed by atoms with van der Waals surface area (Å²) in [5, 5.41) is 27.0. The van der Waals surface area contributed by atoms with Crippen LogP contribution in [0.5, 0.6) is 0 Å². The Hall–Kier alpha value is -3.97. The summed E-state index contributed by atoms with van der Waals surface area (Å²) in [4.78, 5) is 22.5. The van der Waals surface area contributed by atoms with Crippen LogP contribution >= 0.6 is 0 Å². The number of ether oxygens (including phenoxy) is 1. The average molecular weight is 488 g/mol. The number of aromatic nitrogens is 4. The van der Waals surface area contributed by atoms with Gasteiger partial charge in [-0.15, -0.1) is 0 Å². The van der Waals surface area contributed by atoms with Gasteiger partial charge in [-0.25, -0.2) is 14.8 Å². The number of carboxylic acid groups (broad SMARTS) is 1. The maximum Gasteiger partial charge on any atom is 0.412 e. The van der Waals surface area contributed by atoms with E-state index in [-0.39, 0.29) is 12.1 Å². The molecule has 5 rings (SSSR count). The lowest BCUT2D eigenvalue weighted by Gasteiger charge is -2.27. The minimum atomic E-state index is -1.03. The second-order valence-corrected chi connectivity index (χ2v) is 9.26. The molecule has 186 valence electrons. The third kappa shape index (κ3) is 5.02. The first-order chi connectivity index (χ1) is 17.6. The Balaban J connectivity index is 1.39. The van der Waals surface area contributed by atoms with Gasteiger partial charge in [0.25, 0.3) is 0 Å². The molecule has 10 heteroatoms. The Kier molecular flexibility index (Phi) is 7.09. The van der Waals surface area contributed by atoms with Crippen LogP contribution in [0.15, 0.2) is 48.9 Å². The van der Waals surface area contributed by atoms with E-state index in [2.05, 4.69) is 26.5 Å². The summed E-state index contributed by atoms with van der Waals surface area (Å²) >= 11 is 0. The van der Waals surface area contributed by atoms with Gasteiger partial charge in [0.05, 0.1) is 54.4 Å². The van der Waals surface area contributed by atoms with Gasteiger partial charge >= 0.3 is 6.09 Å². The third-order valence-corrected chi connectivity index (χ3v) is 7.02. The van der Waals surface area contributed by atoms with Crippen molar-refractivity contribution in [2.75, 3.05) is 23.4 Å². The Morgan fingerprint density at radius 1 is 1.28 bits per heavy atom. The van der Waals surface area contributed by atoms with Crippen molar-refractivity contribution < 1.29 is 14.6 Å². The minimum absolute atomic E-state index is 0.0686. The van der Waals surface area contributed by atoms with Gasteiger partial charge in [-0.05, 0) is 43.4 Å². The third-order valence-electron chi connectivity index (χ3n) is 7.02. The van der Waals surface area contributed by atoms with Crippen LogP contribution in [0.1, 0.15) is 44.6 Å². The Labute approximate surface area is 209 Å². The fourth-order valence-electron chi connectivity index (χ4n) is 5.23.